The van der Waals surface area contributed by atoms with Gasteiger partial charge in [-0.05, 0) is 34.9 Å². The third-order valence-electron chi connectivity index (χ3n) is 9.77. The molecule has 0 amide bonds. The van der Waals surface area contributed by atoms with Crippen LogP contribution in [0.2, 0.25) is 0 Å². The molecule has 0 fully saturated rings. The molecule has 212 valence electrons. The first-order valence-corrected chi connectivity index (χ1v) is 15.4. The number of furan rings is 1. The SMILES string of the molecule is CC1(C)c2ccccc2-c2c1c1c3ccccc3oc1c1c3ccccc3n(-c3nc(-c4ccccc4)c4ccccc4n3)c21. The summed E-state index contributed by atoms with van der Waals surface area (Å²) in [6.07, 6.45) is 0. The van der Waals surface area contributed by atoms with Gasteiger partial charge < -0.3 is 4.42 Å². The van der Waals surface area contributed by atoms with Crippen LogP contribution in [0, 0.1) is 0 Å². The zero-order valence-electron chi connectivity index (χ0n) is 24.9. The molecule has 4 nitrogen and oxygen atoms in total. The number of aromatic nitrogens is 3. The highest BCUT2D eigenvalue weighted by Crippen LogP contribution is 2.57. The summed E-state index contributed by atoms with van der Waals surface area (Å²) in [5.74, 6) is 0.651. The number of nitrogens with zero attached hydrogens (tertiary/aromatic N) is 3. The number of fused-ring (bicyclic) bond motifs is 13. The summed E-state index contributed by atoms with van der Waals surface area (Å²) in [7, 11) is 0. The molecule has 9 aromatic rings. The van der Waals surface area contributed by atoms with Gasteiger partial charge in [-0.2, -0.15) is 0 Å². The topological polar surface area (TPSA) is 43.9 Å². The summed E-state index contributed by atoms with van der Waals surface area (Å²) in [4.78, 5) is 10.6. The first-order chi connectivity index (χ1) is 22.1. The Hall–Kier alpha value is -5.74. The van der Waals surface area contributed by atoms with E-state index in [1.54, 1.807) is 0 Å². The highest BCUT2D eigenvalue weighted by molar-refractivity contribution is 6.29. The number of para-hydroxylation sites is 3. The number of hydrogen-bond acceptors (Lipinski definition) is 3. The Kier molecular flexibility index (Phi) is 4.76. The lowest BCUT2D eigenvalue weighted by molar-refractivity contribution is 0.659. The van der Waals surface area contributed by atoms with Crippen LogP contribution in [0.25, 0.3) is 83.0 Å². The molecule has 4 heteroatoms. The minimum Gasteiger partial charge on any atom is -0.455 e. The molecule has 0 unspecified atom stereocenters. The van der Waals surface area contributed by atoms with Crippen molar-refractivity contribution in [2.75, 3.05) is 0 Å². The van der Waals surface area contributed by atoms with Gasteiger partial charge in [-0.1, -0.05) is 123 Å². The molecule has 45 heavy (non-hydrogen) atoms. The van der Waals surface area contributed by atoms with Crippen molar-refractivity contribution in [3.8, 4) is 28.3 Å². The molecule has 3 aromatic heterocycles. The van der Waals surface area contributed by atoms with Crippen molar-refractivity contribution in [3.05, 3.63) is 139 Å². The van der Waals surface area contributed by atoms with E-state index in [-0.39, 0.29) is 5.41 Å². The Bertz CT molecular complexity index is 2680. The lowest BCUT2D eigenvalue weighted by atomic mass is 9.80. The number of hydrogen-bond donors (Lipinski definition) is 0. The highest BCUT2D eigenvalue weighted by Gasteiger charge is 2.41. The highest BCUT2D eigenvalue weighted by atomic mass is 16.3. The largest absolute Gasteiger partial charge is 0.455 e. The second kappa shape index (κ2) is 8.67. The van der Waals surface area contributed by atoms with Gasteiger partial charge in [0.25, 0.3) is 0 Å². The van der Waals surface area contributed by atoms with Crippen LogP contribution in [0.5, 0.6) is 0 Å². The molecule has 0 spiro atoms. The van der Waals surface area contributed by atoms with Crippen molar-refractivity contribution >= 4 is 54.6 Å². The van der Waals surface area contributed by atoms with Gasteiger partial charge in [-0.25, -0.2) is 9.97 Å². The summed E-state index contributed by atoms with van der Waals surface area (Å²) in [6, 6.07) is 44.6. The van der Waals surface area contributed by atoms with Gasteiger partial charge >= 0.3 is 0 Å². The third kappa shape index (κ3) is 3.16. The van der Waals surface area contributed by atoms with Crippen molar-refractivity contribution in [2.45, 2.75) is 19.3 Å². The molecule has 0 N–H and O–H groups in total. The van der Waals surface area contributed by atoms with Crippen LogP contribution < -0.4 is 0 Å². The normalized spacial score (nSPS) is 13.7. The van der Waals surface area contributed by atoms with E-state index in [2.05, 4.69) is 134 Å². The fourth-order valence-corrected chi connectivity index (χ4v) is 7.88. The monoisotopic (exact) mass is 577 g/mol. The smallest absolute Gasteiger partial charge is 0.235 e. The number of rotatable bonds is 2. The van der Waals surface area contributed by atoms with Crippen LogP contribution >= 0.6 is 0 Å². The van der Waals surface area contributed by atoms with Crippen molar-refractivity contribution in [1.82, 2.24) is 14.5 Å². The van der Waals surface area contributed by atoms with Crippen LogP contribution in [0.4, 0.5) is 0 Å². The van der Waals surface area contributed by atoms with E-state index in [9.17, 15) is 0 Å². The minimum absolute atomic E-state index is 0.244. The lowest BCUT2D eigenvalue weighted by Crippen LogP contribution is -2.15. The van der Waals surface area contributed by atoms with E-state index < -0.39 is 0 Å². The first kappa shape index (κ1) is 24.7. The molecule has 0 atom stereocenters. The maximum atomic E-state index is 6.85. The molecule has 10 rings (SSSR count). The summed E-state index contributed by atoms with van der Waals surface area (Å²) in [5, 5.41) is 5.60. The lowest BCUT2D eigenvalue weighted by Gasteiger charge is -2.22. The molecule has 0 bridgehead atoms. The van der Waals surface area contributed by atoms with Crippen molar-refractivity contribution in [2.24, 2.45) is 0 Å². The molecule has 1 aliphatic carbocycles. The van der Waals surface area contributed by atoms with E-state index in [4.69, 9.17) is 14.4 Å². The van der Waals surface area contributed by atoms with Gasteiger partial charge in [-0.15, -0.1) is 0 Å². The molecular weight excluding hydrogens is 550 g/mol. The Morgan fingerprint density at radius 2 is 1.31 bits per heavy atom. The third-order valence-corrected chi connectivity index (χ3v) is 9.77. The van der Waals surface area contributed by atoms with E-state index >= 15 is 0 Å². The maximum absolute atomic E-state index is 6.85. The van der Waals surface area contributed by atoms with Gasteiger partial charge in [0.1, 0.15) is 11.2 Å². The average Bonchev–Trinajstić information content (AvgIpc) is 3.71. The van der Waals surface area contributed by atoms with Gasteiger partial charge in [-0.3, -0.25) is 4.57 Å². The molecule has 0 saturated heterocycles. The van der Waals surface area contributed by atoms with E-state index in [1.807, 2.05) is 12.1 Å². The van der Waals surface area contributed by atoms with Gasteiger partial charge in [0.2, 0.25) is 5.95 Å². The summed E-state index contributed by atoms with van der Waals surface area (Å²) < 4.78 is 9.13. The molecule has 3 heterocycles. The fourth-order valence-electron chi connectivity index (χ4n) is 7.88. The van der Waals surface area contributed by atoms with E-state index in [0.29, 0.717) is 5.95 Å². The second-order valence-electron chi connectivity index (χ2n) is 12.6. The quantitative estimate of drug-likeness (QED) is 0.205. The van der Waals surface area contributed by atoms with Gasteiger partial charge in [0.15, 0.2) is 0 Å². The van der Waals surface area contributed by atoms with E-state index in [1.165, 1.54) is 27.6 Å². The molecule has 1 aliphatic rings. The van der Waals surface area contributed by atoms with E-state index in [0.717, 1.165) is 60.5 Å². The van der Waals surface area contributed by atoms with Gasteiger partial charge in [0, 0.05) is 38.1 Å². The molecular formula is C41H27N3O. The zero-order valence-corrected chi connectivity index (χ0v) is 24.9. The van der Waals surface area contributed by atoms with Crippen LogP contribution in [0.1, 0.15) is 25.0 Å². The maximum Gasteiger partial charge on any atom is 0.235 e. The molecule has 0 radical (unpaired) electrons. The minimum atomic E-state index is -0.244. The zero-order chi connectivity index (χ0) is 29.9. The standard InChI is InChI=1S/C41H27N3O/c1-41(2)29-20-10-6-16-25(29)33-36(41)34-28-19-9-13-23-32(28)45-39(34)35-27-18-8-12-22-31(27)44(38(33)35)40-42-30-21-11-7-17-26(30)37(43-40)24-14-4-3-5-15-24/h3-23H,1-2H3. The Morgan fingerprint density at radius 1 is 0.622 bits per heavy atom. The summed E-state index contributed by atoms with van der Waals surface area (Å²) >= 11 is 0. The van der Waals surface area contributed by atoms with Crippen LogP contribution in [-0.2, 0) is 5.41 Å². The van der Waals surface area contributed by atoms with Gasteiger partial charge in [0.05, 0.1) is 27.6 Å². The summed E-state index contributed by atoms with van der Waals surface area (Å²) in [5.41, 5.74) is 11.7. The Morgan fingerprint density at radius 3 is 2.18 bits per heavy atom. The fraction of sp³-hybridized carbons (Fsp3) is 0.0732. The molecule has 6 aromatic carbocycles. The predicted octanol–water partition coefficient (Wildman–Crippen LogP) is 10.6. The van der Waals surface area contributed by atoms with Crippen LogP contribution in [0.3, 0.4) is 0 Å². The average molecular weight is 578 g/mol. The molecule has 0 saturated carbocycles. The van der Waals surface area contributed by atoms with Crippen LogP contribution in [-0.4, -0.2) is 14.5 Å². The predicted molar refractivity (Wildman–Crippen MR) is 184 cm³/mol. The molecule has 0 aliphatic heterocycles. The van der Waals surface area contributed by atoms with Crippen LogP contribution in [0.15, 0.2) is 132 Å². The number of benzene rings is 6. The Labute approximate surface area is 259 Å². The first-order valence-electron chi connectivity index (χ1n) is 15.4. The van der Waals surface area contributed by atoms with Crippen molar-refractivity contribution in [3.63, 3.8) is 0 Å². The van der Waals surface area contributed by atoms with Crippen molar-refractivity contribution in [1.29, 1.82) is 0 Å². The Balaban J connectivity index is 1.47. The second-order valence-corrected chi connectivity index (χ2v) is 12.6. The van der Waals surface area contributed by atoms with Crippen molar-refractivity contribution < 1.29 is 4.42 Å². The summed E-state index contributed by atoms with van der Waals surface area (Å²) in [6.45, 7) is 4.69.